The van der Waals surface area contributed by atoms with E-state index in [1.807, 2.05) is 14.0 Å². The molecular weight excluding hydrogens is 208 g/mol. The number of hydrogen-bond donors (Lipinski definition) is 1. The standard InChI is InChI=1S/C9H16FNO.V/c1-9(7-12)6-11(2)4-3-8(9)5-10;/h5,12H,3-4,6-7H2,1-2H3;/b8-5+;. The maximum Gasteiger partial charge on any atom is 0.0866 e. The molecule has 1 rings (SSSR count). The molecule has 1 fully saturated rings. The van der Waals surface area contributed by atoms with Crippen LogP contribution < -0.4 is 0 Å². The van der Waals surface area contributed by atoms with Crippen LogP contribution in [0.25, 0.3) is 0 Å². The minimum absolute atomic E-state index is 0. The molecule has 0 spiro atoms. The van der Waals surface area contributed by atoms with Gasteiger partial charge in [-0.15, -0.1) is 0 Å². The normalized spacial score (nSPS) is 33.1. The molecule has 0 bridgehead atoms. The molecule has 1 heterocycles. The van der Waals surface area contributed by atoms with E-state index in [9.17, 15) is 4.39 Å². The molecule has 1 aliphatic rings. The molecule has 0 aliphatic carbocycles. The molecule has 0 amide bonds. The van der Waals surface area contributed by atoms with Crippen LogP contribution in [0.4, 0.5) is 4.39 Å². The van der Waals surface area contributed by atoms with Crippen molar-refractivity contribution < 1.29 is 28.1 Å². The largest absolute Gasteiger partial charge is 0.395 e. The van der Waals surface area contributed by atoms with Crippen LogP contribution in [-0.4, -0.2) is 36.8 Å². The maximum absolute atomic E-state index is 12.4. The third-order valence-corrected chi connectivity index (χ3v) is 2.64. The average molecular weight is 224 g/mol. The molecule has 2 nitrogen and oxygen atoms in total. The summed E-state index contributed by atoms with van der Waals surface area (Å²) in [6.07, 6.45) is 1.38. The molecule has 1 radical (unpaired) electrons. The molecule has 0 aromatic carbocycles. The second kappa shape index (κ2) is 5.15. The molecule has 0 saturated carbocycles. The molecule has 1 unspecified atom stereocenters. The van der Waals surface area contributed by atoms with Crippen LogP contribution in [0.1, 0.15) is 13.3 Å². The number of rotatable bonds is 1. The van der Waals surface area contributed by atoms with Crippen LogP contribution in [0.5, 0.6) is 0 Å². The summed E-state index contributed by atoms with van der Waals surface area (Å²) in [6.45, 7) is 3.53. The fourth-order valence-corrected chi connectivity index (χ4v) is 1.73. The second-order valence-electron chi connectivity index (χ2n) is 3.84. The molecule has 0 aromatic heterocycles. The second-order valence-corrected chi connectivity index (χ2v) is 3.84. The Balaban J connectivity index is 0.00000144. The Morgan fingerprint density at radius 1 is 1.69 bits per heavy atom. The van der Waals surface area contributed by atoms with E-state index in [2.05, 4.69) is 4.90 Å². The molecule has 1 N–H and O–H groups in total. The first-order valence-corrected chi connectivity index (χ1v) is 4.21. The first-order valence-electron chi connectivity index (χ1n) is 4.21. The van der Waals surface area contributed by atoms with Gasteiger partial charge in [0.2, 0.25) is 0 Å². The van der Waals surface area contributed by atoms with Gasteiger partial charge in [-0.2, -0.15) is 0 Å². The topological polar surface area (TPSA) is 23.5 Å². The maximum atomic E-state index is 12.4. The van der Waals surface area contributed by atoms with Gasteiger partial charge in [0.1, 0.15) is 0 Å². The summed E-state index contributed by atoms with van der Waals surface area (Å²) in [5.74, 6) is 0. The number of halogens is 1. The Kier molecular flexibility index (Phi) is 5.22. The number of likely N-dealkylation sites (tertiary alicyclic amines) is 1. The number of piperidine rings is 1. The van der Waals surface area contributed by atoms with Gasteiger partial charge in [0.25, 0.3) is 0 Å². The van der Waals surface area contributed by atoms with Crippen LogP contribution in [0.3, 0.4) is 0 Å². The molecule has 4 heteroatoms. The van der Waals surface area contributed by atoms with Gasteiger partial charge in [-0.3, -0.25) is 0 Å². The van der Waals surface area contributed by atoms with E-state index in [1.54, 1.807) is 0 Å². The zero-order valence-electron chi connectivity index (χ0n) is 8.13. The first kappa shape index (κ1) is 13.2. The van der Waals surface area contributed by atoms with Gasteiger partial charge < -0.3 is 10.0 Å². The van der Waals surface area contributed by atoms with Crippen molar-refractivity contribution in [2.75, 3.05) is 26.7 Å². The third-order valence-electron chi connectivity index (χ3n) is 2.64. The predicted octanol–water partition coefficient (Wildman–Crippen LogP) is 1.17. The fraction of sp³-hybridized carbons (Fsp3) is 0.778. The summed E-state index contributed by atoms with van der Waals surface area (Å²) < 4.78 is 12.4. The molecule has 75 valence electrons. The Bertz CT molecular complexity index is 198. The molecular formula is C9H16FNOV. The monoisotopic (exact) mass is 224 g/mol. The fourth-order valence-electron chi connectivity index (χ4n) is 1.73. The van der Waals surface area contributed by atoms with Crippen molar-refractivity contribution in [3.63, 3.8) is 0 Å². The zero-order chi connectivity index (χ0) is 9.19. The minimum Gasteiger partial charge on any atom is -0.395 e. The summed E-state index contributed by atoms with van der Waals surface area (Å²) >= 11 is 0. The Morgan fingerprint density at radius 3 is 2.77 bits per heavy atom. The van der Waals surface area contributed by atoms with Crippen molar-refractivity contribution >= 4 is 0 Å². The minimum atomic E-state index is -0.373. The summed E-state index contributed by atoms with van der Waals surface area (Å²) in [4.78, 5) is 2.11. The van der Waals surface area contributed by atoms with E-state index in [1.165, 1.54) is 0 Å². The van der Waals surface area contributed by atoms with E-state index in [4.69, 9.17) is 5.11 Å². The Labute approximate surface area is 90.7 Å². The van der Waals surface area contributed by atoms with Gasteiger partial charge in [0.05, 0.1) is 12.9 Å². The zero-order valence-corrected chi connectivity index (χ0v) is 9.52. The SMILES string of the molecule is CN1CC/C(=C\F)C(C)(CO)C1.[V]. The van der Waals surface area contributed by atoms with Crippen LogP contribution in [0.15, 0.2) is 11.9 Å². The number of hydrogen-bond acceptors (Lipinski definition) is 2. The van der Waals surface area contributed by atoms with E-state index in [0.29, 0.717) is 6.33 Å². The first-order chi connectivity index (χ1) is 5.62. The van der Waals surface area contributed by atoms with Crippen LogP contribution in [0.2, 0.25) is 0 Å². The smallest absolute Gasteiger partial charge is 0.0866 e. The van der Waals surface area contributed by atoms with E-state index in [-0.39, 0.29) is 30.6 Å². The average Bonchev–Trinajstić information content (AvgIpc) is 2.05. The van der Waals surface area contributed by atoms with Crippen molar-refractivity contribution in [1.29, 1.82) is 0 Å². The number of nitrogens with zero attached hydrogens (tertiary/aromatic N) is 1. The van der Waals surface area contributed by atoms with Gasteiger partial charge in [-0.25, -0.2) is 4.39 Å². The number of aliphatic hydroxyl groups excluding tert-OH is 1. The Morgan fingerprint density at radius 2 is 2.31 bits per heavy atom. The summed E-state index contributed by atoms with van der Waals surface area (Å²) in [6, 6.07) is 0. The van der Waals surface area contributed by atoms with Crippen LogP contribution in [-0.2, 0) is 18.6 Å². The molecule has 13 heavy (non-hydrogen) atoms. The van der Waals surface area contributed by atoms with E-state index in [0.717, 1.165) is 25.1 Å². The predicted molar refractivity (Wildman–Crippen MR) is 46.5 cm³/mol. The molecule has 1 aliphatic heterocycles. The molecule has 0 aromatic rings. The van der Waals surface area contributed by atoms with Crippen molar-refractivity contribution in [2.45, 2.75) is 13.3 Å². The molecule has 1 saturated heterocycles. The third kappa shape index (κ3) is 2.81. The summed E-state index contributed by atoms with van der Waals surface area (Å²) in [5, 5.41) is 9.14. The number of aliphatic hydroxyl groups is 1. The van der Waals surface area contributed by atoms with E-state index < -0.39 is 0 Å². The Hall–Kier alpha value is 0.174. The van der Waals surface area contributed by atoms with Crippen molar-refractivity contribution in [1.82, 2.24) is 4.90 Å². The summed E-state index contributed by atoms with van der Waals surface area (Å²) in [5.41, 5.74) is 0.366. The van der Waals surface area contributed by atoms with Crippen molar-refractivity contribution in [3.8, 4) is 0 Å². The van der Waals surface area contributed by atoms with Gasteiger partial charge in [-0.05, 0) is 19.0 Å². The summed E-state index contributed by atoms with van der Waals surface area (Å²) in [7, 11) is 1.99. The van der Waals surface area contributed by atoms with Crippen molar-refractivity contribution in [3.05, 3.63) is 11.9 Å². The molecule has 1 atom stereocenters. The van der Waals surface area contributed by atoms with Gasteiger partial charge >= 0.3 is 0 Å². The quantitative estimate of drug-likeness (QED) is 0.722. The van der Waals surface area contributed by atoms with E-state index >= 15 is 0 Å². The van der Waals surface area contributed by atoms with Gasteiger partial charge in [-0.1, -0.05) is 6.92 Å². The van der Waals surface area contributed by atoms with Crippen molar-refractivity contribution in [2.24, 2.45) is 5.41 Å². The van der Waals surface area contributed by atoms with Gasteiger partial charge in [0.15, 0.2) is 0 Å². The van der Waals surface area contributed by atoms with Gasteiger partial charge in [0, 0.05) is 37.1 Å². The van der Waals surface area contributed by atoms with Crippen LogP contribution >= 0.6 is 0 Å². The van der Waals surface area contributed by atoms with Crippen LogP contribution in [0, 0.1) is 5.41 Å².